The van der Waals surface area contributed by atoms with Gasteiger partial charge in [-0.15, -0.1) is 0 Å². The van der Waals surface area contributed by atoms with Crippen molar-refractivity contribution in [1.82, 2.24) is 14.8 Å². The molecule has 2 aromatic rings. The highest BCUT2D eigenvalue weighted by Gasteiger charge is 2.28. The standard InChI is InChI=1S/C18H23N3O2/c1-12(2)21(10-13-8-9-17(22)19-13)18(23)15-11-20(3)16-7-5-4-6-14(15)16/h4-7,11-13H,8-10H2,1-3H3,(H,19,22)/t13-/m0/s1. The van der Waals surface area contributed by atoms with Crippen molar-refractivity contribution in [2.24, 2.45) is 7.05 Å². The third-order valence-electron chi connectivity index (χ3n) is 4.51. The molecule has 0 radical (unpaired) electrons. The van der Waals surface area contributed by atoms with Gasteiger partial charge in [0.25, 0.3) is 5.91 Å². The van der Waals surface area contributed by atoms with Crippen LogP contribution in [-0.4, -0.2) is 39.9 Å². The van der Waals surface area contributed by atoms with Gasteiger partial charge in [0.15, 0.2) is 0 Å². The number of amides is 2. The van der Waals surface area contributed by atoms with E-state index < -0.39 is 0 Å². The fourth-order valence-corrected chi connectivity index (χ4v) is 3.25. The number of fused-ring (bicyclic) bond motifs is 1. The predicted molar refractivity (Wildman–Crippen MR) is 90.3 cm³/mol. The second-order valence-electron chi connectivity index (χ2n) is 6.53. The molecule has 1 aromatic carbocycles. The summed E-state index contributed by atoms with van der Waals surface area (Å²) in [6, 6.07) is 8.07. The molecular weight excluding hydrogens is 290 g/mol. The van der Waals surface area contributed by atoms with E-state index in [1.807, 2.05) is 60.8 Å². The Labute approximate surface area is 136 Å². The molecule has 1 fully saturated rings. The molecular formula is C18H23N3O2. The van der Waals surface area contributed by atoms with Gasteiger partial charge in [-0.25, -0.2) is 0 Å². The maximum Gasteiger partial charge on any atom is 0.256 e. The van der Waals surface area contributed by atoms with Crippen molar-refractivity contribution in [2.45, 2.75) is 38.8 Å². The first-order chi connectivity index (χ1) is 11.0. The number of nitrogens with zero attached hydrogens (tertiary/aromatic N) is 2. The minimum Gasteiger partial charge on any atom is -0.352 e. The number of carbonyl (C=O) groups excluding carboxylic acids is 2. The molecule has 1 N–H and O–H groups in total. The first-order valence-electron chi connectivity index (χ1n) is 8.11. The number of nitrogens with one attached hydrogen (secondary N) is 1. The lowest BCUT2D eigenvalue weighted by Gasteiger charge is -2.29. The van der Waals surface area contributed by atoms with Gasteiger partial charge in [-0.2, -0.15) is 0 Å². The molecule has 1 aliphatic rings. The fraction of sp³-hybridized carbons (Fsp3) is 0.444. The van der Waals surface area contributed by atoms with E-state index in [9.17, 15) is 9.59 Å². The van der Waals surface area contributed by atoms with Crippen LogP contribution in [0.2, 0.25) is 0 Å². The van der Waals surface area contributed by atoms with E-state index in [0.29, 0.717) is 13.0 Å². The fourth-order valence-electron chi connectivity index (χ4n) is 3.25. The second kappa shape index (κ2) is 6.07. The summed E-state index contributed by atoms with van der Waals surface area (Å²) in [6.07, 6.45) is 3.25. The van der Waals surface area contributed by atoms with Gasteiger partial charge in [0.1, 0.15) is 0 Å². The third-order valence-corrected chi connectivity index (χ3v) is 4.51. The summed E-state index contributed by atoms with van der Waals surface area (Å²) in [5, 5.41) is 3.92. The molecule has 1 atom stereocenters. The first-order valence-corrected chi connectivity index (χ1v) is 8.11. The molecule has 1 aromatic heterocycles. The van der Waals surface area contributed by atoms with E-state index in [0.717, 1.165) is 22.9 Å². The van der Waals surface area contributed by atoms with E-state index in [-0.39, 0.29) is 23.9 Å². The summed E-state index contributed by atoms with van der Waals surface area (Å²) in [4.78, 5) is 26.3. The van der Waals surface area contributed by atoms with Gasteiger partial charge < -0.3 is 14.8 Å². The molecule has 5 heteroatoms. The summed E-state index contributed by atoms with van der Waals surface area (Å²) in [5.41, 5.74) is 1.77. The van der Waals surface area contributed by atoms with Crippen molar-refractivity contribution in [1.29, 1.82) is 0 Å². The number of para-hydroxylation sites is 1. The molecule has 5 nitrogen and oxygen atoms in total. The number of benzene rings is 1. The van der Waals surface area contributed by atoms with Crippen molar-refractivity contribution in [3.63, 3.8) is 0 Å². The molecule has 2 amide bonds. The number of hydrogen-bond acceptors (Lipinski definition) is 2. The molecule has 0 unspecified atom stereocenters. The van der Waals surface area contributed by atoms with Crippen LogP contribution in [0.1, 0.15) is 37.0 Å². The van der Waals surface area contributed by atoms with Crippen molar-refractivity contribution >= 4 is 22.7 Å². The zero-order chi connectivity index (χ0) is 16.6. The highest BCUT2D eigenvalue weighted by atomic mass is 16.2. The summed E-state index contributed by atoms with van der Waals surface area (Å²) in [5.74, 6) is 0.106. The van der Waals surface area contributed by atoms with Gasteiger partial charge in [-0.1, -0.05) is 18.2 Å². The van der Waals surface area contributed by atoms with Gasteiger partial charge >= 0.3 is 0 Å². The first kappa shape index (κ1) is 15.6. The third kappa shape index (κ3) is 2.96. The summed E-state index contributed by atoms with van der Waals surface area (Å²) >= 11 is 0. The van der Waals surface area contributed by atoms with Crippen molar-refractivity contribution in [2.75, 3.05) is 6.54 Å². The van der Waals surface area contributed by atoms with Crippen LogP contribution in [0.5, 0.6) is 0 Å². The van der Waals surface area contributed by atoms with Gasteiger partial charge in [0, 0.05) is 49.2 Å². The number of carbonyl (C=O) groups is 2. The van der Waals surface area contributed by atoms with Crippen LogP contribution in [0.15, 0.2) is 30.5 Å². The van der Waals surface area contributed by atoms with Crippen LogP contribution in [0.3, 0.4) is 0 Å². The zero-order valence-corrected chi connectivity index (χ0v) is 13.9. The van der Waals surface area contributed by atoms with Gasteiger partial charge in [0.05, 0.1) is 5.56 Å². The number of aryl methyl sites for hydroxylation is 1. The van der Waals surface area contributed by atoms with Crippen LogP contribution < -0.4 is 5.32 Å². The second-order valence-corrected chi connectivity index (χ2v) is 6.53. The van der Waals surface area contributed by atoms with Crippen LogP contribution in [0.4, 0.5) is 0 Å². The number of hydrogen-bond donors (Lipinski definition) is 1. The van der Waals surface area contributed by atoms with Crippen LogP contribution in [-0.2, 0) is 11.8 Å². The maximum absolute atomic E-state index is 13.1. The molecule has 0 bridgehead atoms. The molecule has 1 aliphatic heterocycles. The summed E-state index contributed by atoms with van der Waals surface area (Å²) in [7, 11) is 1.95. The Kier molecular flexibility index (Phi) is 4.11. The smallest absolute Gasteiger partial charge is 0.256 e. The molecule has 0 saturated carbocycles. The highest BCUT2D eigenvalue weighted by Crippen LogP contribution is 2.23. The SMILES string of the molecule is CC(C)N(C[C@@H]1CCC(=O)N1)C(=O)c1cn(C)c2ccccc12. The summed E-state index contributed by atoms with van der Waals surface area (Å²) < 4.78 is 1.98. The lowest BCUT2D eigenvalue weighted by atomic mass is 10.1. The molecule has 1 saturated heterocycles. The normalized spacial score (nSPS) is 17.7. The Bertz CT molecular complexity index is 748. The Balaban J connectivity index is 1.89. The van der Waals surface area contributed by atoms with Crippen molar-refractivity contribution in [3.8, 4) is 0 Å². The largest absolute Gasteiger partial charge is 0.352 e. The zero-order valence-electron chi connectivity index (χ0n) is 13.9. The average molecular weight is 313 g/mol. The van der Waals surface area contributed by atoms with E-state index in [1.54, 1.807) is 0 Å². The highest BCUT2D eigenvalue weighted by molar-refractivity contribution is 6.07. The minimum absolute atomic E-state index is 0.0259. The Morgan fingerprint density at radius 2 is 2.13 bits per heavy atom. The monoisotopic (exact) mass is 313 g/mol. The quantitative estimate of drug-likeness (QED) is 0.942. The molecule has 0 spiro atoms. The topological polar surface area (TPSA) is 54.3 Å². The van der Waals surface area contributed by atoms with Crippen LogP contribution in [0.25, 0.3) is 10.9 Å². The molecule has 122 valence electrons. The van der Waals surface area contributed by atoms with Crippen molar-refractivity contribution in [3.05, 3.63) is 36.0 Å². The molecule has 0 aliphatic carbocycles. The lowest BCUT2D eigenvalue weighted by Crippen LogP contribution is -2.45. The van der Waals surface area contributed by atoms with Crippen molar-refractivity contribution < 1.29 is 9.59 Å². The number of aromatic nitrogens is 1. The van der Waals surface area contributed by atoms with E-state index in [1.165, 1.54) is 0 Å². The van der Waals surface area contributed by atoms with Crippen LogP contribution >= 0.6 is 0 Å². The van der Waals surface area contributed by atoms with Gasteiger partial charge in [-0.05, 0) is 26.3 Å². The Morgan fingerprint density at radius 3 is 2.78 bits per heavy atom. The summed E-state index contributed by atoms with van der Waals surface area (Å²) in [6.45, 7) is 4.59. The molecule has 3 rings (SSSR count). The van der Waals surface area contributed by atoms with E-state index in [4.69, 9.17) is 0 Å². The Hall–Kier alpha value is -2.30. The maximum atomic E-state index is 13.1. The van der Waals surface area contributed by atoms with E-state index >= 15 is 0 Å². The lowest BCUT2D eigenvalue weighted by molar-refractivity contribution is -0.119. The van der Waals surface area contributed by atoms with Gasteiger partial charge in [0.2, 0.25) is 5.91 Å². The van der Waals surface area contributed by atoms with E-state index in [2.05, 4.69) is 5.32 Å². The van der Waals surface area contributed by atoms with Crippen LogP contribution in [0, 0.1) is 0 Å². The number of rotatable bonds is 4. The molecule has 2 heterocycles. The van der Waals surface area contributed by atoms with Gasteiger partial charge in [-0.3, -0.25) is 9.59 Å². The molecule has 23 heavy (non-hydrogen) atoms. The average Bonchev–Trinajstić information content (AvgIpc) is 3.08. The Morgan fingerprint density at radius 1 is 1.39 bits per heavy atom. The minimum atomic E-state index is 0.0259. The predicted octanol–water partition coefficient (Wildman–Crippen LogP) is 2.31.